The first kappa shape index (κ1) is 22.8. The van der Waals surface area contributed by atoms with Gasteiger partial charge in [0.2, 0.25) is 0 Å². The fraction of sp³-hybridized carbons (Fsp3) is 0.292. The zero-order valence-corrected chi connectivity index (χ0v) is 19.0. The summed E-state index contributed by atoms with van der Waals surface area (Å²) < 4.78 is 1.27. The topological polar surface area (TPSA) is 123 Å². The number of carbonyl (C=O) groups is 3. The van der Waals surface area contributed by atoms with Gasteiger partial charge in [-0.15, -0.1) is 0 Å². The summed E-state index contributed by atoms with van der Waals surface area (Å²) in [5.41, 5.74) is 14.6. The molecule has 1 aliphatic heterocycles. The van der Waals surface area contributed by atoms with E-state index < -0.39 is 18.1 Å². The van der Waals surface area contributed by atoms with Gasteiger partial charge in [-0.3, -0.25) is 9.36 Å². The lowest BCUT2D eigenvalue weighted by atomic mass is 9.98. The molecule has 8 nitrogen and oxygen atoms in total. The molecule has 0 saturated carbocycles. The molecule has 0 radical (unpaired) electrons. The molecule has 4 rings (SSSR count). The second kappa shape index (κ2) is 9.25. The van der Waals surface area contributed by atoms with E-state index in [4.69, 9.17) is 23.1 Å². The van der Waals surface area contributed by atoms with Crippen LogP contribution in [0.15, 0.2) is 48.7 Å². The van der Waals surface area contributed by atoms with Gasteiger partial charge in [-0.2, -0.15) is 0 Å². The van der Waals surface area contributed by atoms with Gasteiger partial charge in [0.1, 0.15) is 0 Å². The van der Waals surface area contributed by atoms with Gasteiger partial charge in [0.05, 0.1) is 17.2 Å². The van der Waals surface area contributed by atoms with Crippen LogP contribution in [-0.4, -0.2) is 45.9 Å². The third kappa shape index (κ3) is 4.58. The molecule has 0 spiro atoms. The Bertz CT molecular complexity index is 1240. The quantitative estimate of drug-likeness (QED) is 0.529. The Morgan fingerprint density at radius 2 is 1.91 bits per heavy atom. The molecule has 1 aliphatic rings. The van der Waals surface area contributed by atoms with Gasteiger partial charge in [0, 0.05) is 35.6 Å². The number of para-hydroxylation sites is 1. The normalized spacial score (nSPS) is 18.0. The predicted molar refractivity (Wildman–Crippen MR) is 129 cm³/mol. The van der Waals surface area contributed by atoms with Crippen LogP contribution in [0.2, 0.25) is 5.02 Å². The number of urea groups is 1. The highest BCUT2D eigenvalue weighted by Crippen LogP contribution is 2.28. The summed E-state index contributed by atoms with van der Waals surface area (Å²) in [4.78, 5) is 39.5. The lowest BCUT2D eigenvalue weighted by Gasteiger charge is -2.24. The van der Waals surface area contributed by atoms with Crippen LogP contribution in [0.5, 0.6) is 0 Å². The minimum atomic E-state index is -0.653. The number of nitrogens with zero attached hydrogens (tertiary/aromatic N) is 2. The molecule has 2 atom stereocenters. The summed E-state index contributed by atoms with van der Waals surface area (Å²) in [7, 11) is 0. The number of ketones is 1. The molecule has 2 aromatic carbocycles. The SMILES string of the molecule is Cc1c(Cl)cccc1CCC(=O)[C@@H]1C[C@H](N)CN1C(=O)Nc1cn(C(N)=O)c2ccccc12. The number of aryl methyl sites for hydroxylation is 1. The number of nitrogens with one attached hydrogen (secondary N) is 1. The van der Waals surface area contributed by atoms with Gasteiger partial charge in [-0.25, -0.2) is 9.59 Å². The van der Waals surface area contributed by atoms with Crippen LogP contribution in [0.25, 0.3) is 10.9 Å². The number of rotatable bonds is 5. The van der Waals surface area contributed by atoms with Crippen molar-refractivity contribution < 1.29 is 14.4 Å². The number of likely N-dealkylation sites (tertiary alicyclic amines) is 1. The number of hydrogen-bond acceptors (Lipinski definition) is 4. The van der Waals surface area contributed by atoms with Crippen LogP contribution in [0, 0.1) is 6.92 Å². The Kier molecular flexibility index (Phi) is 6.40. The number of aromatic nitrogens is 1. The number of halogens is 1. The summed E-state index contributed by atoms with van der Waals surface area (Å²) >= 11 is 6.19. The van der Waals surface area contributed by atoms with Gasteiger partial charge in [-0.1, -0.05) is 41.9 Å². The second-order valence-corrected chi connectivity index (χ2v) is 8.76. The number of nitrogens with two attached hydrogens (primary N) is 2. The second-order valence-electron chi connectivity index (χ2n) is 8.35. The van der Waals surface area contributed by atoms with E-state index in [2.05, 4.69) is 5.32 Å². The van der Waals surface area contributed by atoms with Crippen molar-refractivity contribution in [3.8, 4) is 0 Å². The van der Waals surface area contributed by atoms with Crippen molar-refractivity contribution in [1.82, 2.24) is 9.47 Å². The minimum absolute atomic E-state index is 0.0444. The first-order valence-electron chi connectivity index (χ1n) is 10.8. The van der Waals surface area contributed by atoms with E-state index in [9.17, 15) is 14.4 Å². The van der Waals surface area contributed by atoms with E-state index in [0.717, 1.165) is 11.1 Å². The number of primary amides is 1. The van der Waals surface area contributed by atoms with Gasteiger partial charge in [-0.05, 0) is 43.0 Å². The van der Waals surface area contributed by atoms with E-state index in [1.165, 1.54) is 15.7 Å². The third-order valence-electron chi connectivity index (χ3n) is 6.18. The maximum Gasteiger partial charge on any atom is 0.323 e. The molecular weight excluding hydrogens is 442 g/mol. The molecule has 5 N–H and O–H groups in total. The number of anilines is 1. The standard InChI is InChI=1S/C24H26ClN5O3/c1-14-15(5-4-7-18(14)25)9-10-22(31)21-11-16(26)12-30(21)24(33)28-19-13-29(23(27)32)20-8-3-2-6-17(19)20/h2-8,13,16,21H,9-12,26H2,1H3,(H2,27,32)(H,28,33)/t16-,21-/m0/s1. The number of amides is 3. The van der Waals surface area contributed by atoms with Crippen LogP contribution >= 0.6 is 11.6 Å². The summed E-state index contributed by atoms with van der Waals surface area (Å²) in [5, 5.41) is 4.17. The predicted octanol–water partition coefficient (Wildman–Crippen LogP) is 3.67. The van der Waals surface area contributed by atoms with E-state index >= 15 is 0 Å². The van der Waals surface area contributed by atoms with Crippen LogP contribution in [0.4, 0.5) is 15.3 Å². The fourth-order valence-electron chi connectivity index (χ4n) is 4.39. The van der Waals surface area contributed by atoms with Crippen molar-refractivity contribution in [3.63, 3.8) is 0 Å². The van der Waals surface area contributed by atoms with E-state index in [0.29, 0.717) is 34.5 Å². The maximum absolute atomic E-state index is 13.1. The fourth-order valence-corrected chi connectivity index (χ4v) is 4.59. The number of carbonyl (C=O) groups excluding carboxylic acids is 3. The van der Waals surface area contributed by atoms with E-state index in [1.54, 1.807) is 24.3 Å². The molecule has 9 heteroatoms. The third-order valence-corrected chi connectivity index (χ3v) is 6.59. The van der Waals surface area contributed by atoms with Crippen molar-refractivity contribution in [2.24, 2.45) is 11.5 Å². The number of Topliss-reactive ketones (excluding diaryl/α,β-unsaturated/α-hetero) is 1. The molecule has 1 fully saturated rings. The summed E-state index contributed by atoms with van der Waals surface area (Å²) in [5.74, 6) is -0.0444. The first-order valence-corrected chi connectivity index (χ1v) is 11.1. The molecular formula is C24H26ClN5O3. The summed E-state index contributed by atoms with van der Waals surface area (Å²) in [6.07, 6.45) is 2.71. The van der Waals surface area contributed by atoms with E-state index in [1.807, 2.05) is 25.1 Å². The summed E-state index contributed by atoms with van der Waals surface area (Å²) in [6.45, 7) is 2.20. The molecule has 2 heterocycles. The first-order chi connectivity index (χ1) is 15.8. The number of fused-ring (bicyclic) bond motifs is 1. The Hall–Kier alpha value is -3.36. The monoisotopic (exact) mass is 467 g/mol. The van der Waals surface area contributed by atoms with Crippen LogP contribution < -0.4 is 16.8 Å². The largest absolute Gasteiger partial charge is 0.351 e. The Labute approximate surface area is 196 Å². The van der Waals surface area contributed by atoms with E-state index in [-0.39, 0.29) is 24.8 Å². The van der Waals surface area contributed by atoms with Gasteiger partial charge < -0.3 is 21.7 Å². The molecule has 1 aromatic heterocycles. The van der Waals surface area contributed by atoms with Crippen LogP contribution in [-0.2, 0) is 11.2 Å². The Morgan fingerprint density at radius 1 is 1.15 bits per heavy atom. The maximum atomic E-state index is 13.1. The molecule has 0 unspecified atom stereocenters. The number of benzene rings is 2. The van der Waals surface area contributed by atoms with Crippen molar-refractivity contribution in [2.45, 2.75) is 38.3 Å². The molecule has 3 aromatic rings. The molecule has 33 heavy (non-hydrogen) atoms. The molecule has 0 aliphatic carbocycles. The summed E-state index contributed by atoms with van der Waals surface area (Å²) in [6, 6.07) is 10.8. The van der Waals surface area contributed by atoms with Gasteiger partial charge >= 0.3 is 12.1 Å². The molecule has 1 saturated heterocycles. The van der Waals surface area contributed by atoms with Gasteiger partial charge in [0.15, 0.2) is 5.78 Å². The average Bonchev–Trinajstić information content (AvgIpc) is 3.36. The molecule has 172 valence electrons. The van der Waals surface area contributed by atoms with Crippen LogP contribution in [0.1, 0.15) is 24.0 Å². The van der Waals surface area contributed by atoms with Crippen molar-refractivity contribution >= 4 is 46.0 Å². The molecule has 0 bridgehead atoms. The van der Waals surface area contributed by atoms with Gasteiger partial charge in [0.25, 0.3) is 0 Å². The van der Waals surface area contributed by atoms with Crippen LogP contribution in [0.3, 0.4) is 0 Å². The highest BCUT2D eigenvalue weighted by atomic mass is 35.5. The lowest BCUT2D eigenvalue weighted by molar-refractivity contribution is -0.122. The lowest BCUT2D eigenvalue weighted by Crippen LogP contribution is -2.43. The number of hydrogen-bond donors (Lipinski definition) is 3. The highest BCUT2D eigenvalue weighted by Gasteiger charge is 2.38. The van der Waals surface area contributed by atoms with Crippen molar-refractivity contribution in [1.29, 1.82) is 0 Å². The average molecular weight is 468 g/mol. The van der Waals surface area contributed by atoms with Crippen molar-refractivity contribution in [2.75, 3.05) is 11.9 Å². The molecule has 3 amide bonds. The highest BCUT2D eigenvalue weighted by molar-refractivity contribution is 6.31. The Balaban J connectivity index is 1.50. The zero-order chi connectivity index (χ0) is 23.7. The smallest absolute Gasteiger partial charge is 0.323 e. The van der Waals surface area contributed by atoms with Crippen molar-refractivity contribution in [3.05, 3.63) is 64.8 Å². The minimum Gasteiger partial charge on any atom is -0.351 e. The Morgan fingerprint density at radius 3 is 2.67 bits per heavy atom. The zero-order valence-electron chi connectivity index (χ0n) is 18.3.